The molecule has 1 aromatic rings. The van der Waals surface area contributed by atoms with Gasteiger partial charge in [0.1, 0.15) is 0 Å². The van der Waals surface area contributed by atoms with Crippen molar-refractivity contribution >= 4 is 17.6 Å². The van der Waals surface area contributed by atoms with E-state index >= 15 is 0 Å². The lowest BCUT2D eigenvalue weighted by atomic mass is 10.3. The second-order valence-corrected chi connectivity index (χ2v) is 2.39. The minimum absolute atomic E-state index is 0.236. The quantitative estimate of drug-likeness (QED) is 0.629. The van der Waals surface area contributed by atoms with Gasteiger partial charge in [-0.1, -0.05) is 11.6 Å². The van der Waals surface area contributed by atoms with Crippen LogP contribution in [0.4, 0.5) is 0 Å². The lowest BCUT2D eigenvalue weighted by molar-refractivity contribution is -0.304. The molecule has 1 aromatic heterocycles. The Morgan fingerprint density at radius 1 is 1.73 bits per heavy atom. The number of halogens is 1. The first-order chi connectivity index (χ1) is 5.20. The van der Waals surface area contributed by atoms with Gasteiger partial charge in [-0.05, 0) is 12.1 Å². The number of aromatic nitrogens is 1. The van der Waals surface area contributed by atoms with Gasteiger partial charge >= 0.3 is 0 Å². The van der Waals surface area contributed by atoms with Gasteiger partial charge in [-0.25, -0.2) is 0 Å². The molecule has 0 aliphatic rings. The summed E-state index contributed by atoms with van der Waals surface area (Å²) < 4.78 is 0. The fourth-order valence-electron chi connectivity index (χ4n) is 0.685. The second kappa shape index (κ2) is 3.34. The van der Waals surface area contributed by atoms with Crippen LogP contribution in [0.1, 0.15) is 5.69 Å². The molecule has 3 nitrogen and oxygen atoms in total. The largest absolute Gasteiger partial charge is 0.550 e. The molecule has 0 bridgehead atoms. The summed E-state index contributed by atoms with van der Waals surface area (Å²) in [7, 11) is 0. The summed E-state index contributed by atoms with van der Waals surface area (Å²) in [6.45, 7) is 0. The van der Waals surface area contributed by atoms with Crippen LogP contribution in [-0.2, 0) is 11.2 Å². The molecule has 1 heterocycles. The molecule has 4 heteroatoms. The Kier molecular flexibility index (Phi) is 2.44. The SMILES string of the molecule is O=C([O-])Cc1ncccc1Cl. The lowest BCUT2D eigenvalue weighted by Gasteiger charge is -2.01. The molecule has 0 aliphatic heterocycles. The summed E-state index contributed by atoms with van der Waals surface area (Å²) in [6.07, 6.45) is 1.25. The highest BCUT2D eigenvalue weighted by Crippen LogP contribution is 2.11. The van der Waals surface area contributed by atoms with Crippen LogP contribution in [-0.4, -0.2) is 11.0 Å². The van der Waals surface area contributed by atoms with Gasteiger partial charge in [0.2, 0.25) is 0 Å². The summed E-state index contributed by atoms with van der Waals surface area (Å²) in [4.78, 5) is 13.9. The van der Waals surface area contributed by atoms with Gasteiger partial charge in [-0.2, -0.15) is 0 Å². The molecule has 0 saturated heterocycles. The van der Waals surface area contributed by atoms with Gasteiger partial charge in [-0.15, -0.1) is 0 Å². The minimum Gasteiger partial charge on any atom is -0.550 e. The molecule has 0 aromatic carbocycles. The van der Waals surface area contributed by atoms with Crippen molar-refractivity contribution in [3.63, 3.8) is 0 Å². The zero-order chi connectivity index (χ0) is 8.27. The highest BCUT2D eigenvalue weighted by atomic mass is 35.5. The third-order valence-corrected chi connectivity index (χ3v) is 1.49. The van der Waals surface area contributed by atoms with E-state index in [9.17, 15) is 9.90 Å². The smallest absolute Gasteiger partial charge is 0.0645 e. The first-order valence-corrected chi connectivity index (χ1v) is 3.37. The summed E-state index contributed by atoms with van der Waals surface area (Å²) >= 11 is 5.61. The molecule has 0 N–H and O–H groups in total. The Hall–Kier alpha value is -1.09. The molecule has 0 fully saturated rings. The van der Waals surface area contributed by atoms with Gasteiger partial charge in [0.25, 0.3) is 0 Å². The Balaban J connectivity index is 2.86. The van der Waals surface area contributed by atoms with E-state index in [0.29, 0.717) is 10.7 Å². The van der Waals surface area contributed by atoms with E-state index in [4.69, 9.17) is 11.6 Å². The monoisotopic (exact) mass is 170 g/mol. The summed E-state index contributed by atoms with van der Waals surface area (Å²) in [5.41, 5.74) is 0.342. The average Bonchev–Trinajstić information content (AvgIpc) is 1.93. The van der Waals surface area contributed by atoms with Crippen molar-refractivity contribution in [1.29, 1.82) is 0 Å². The van der Waals surface area contributed by atoms with Crippen LogP contribution in [0, 0.1) is 0 Å². The maximum absolute atomic E-state index is 10.1. The van der Waals surface area contributed by atoms with E-state index in [1.165, 1.54) is 6.20 Å². The number of pyridine rings is 1. The standard InChI is InChI=1S/C7H6ClNO2/c8-5-2-1-3-9-6(5)4-7(10)11/h1-3H,4H2,(H,10,11)/p-1. The van der Waals surface area contributed by atoms with Crippen molar-refractivity contribution in [3.8, 4) is 0 Å². The first-order valence-electron chi connectivity index (χ1n) is 2.99. The molecule has 58 valence electrons. The molecule has 0 saturated carbocycles. The third-order valence-electron chi connectivity index (χ3n) is 1.15. The van der Waals surface area contributed by atoms with E-state index < -0.39 is 5.97 Å². The molecular weight excluding hydrogens is 166 g/mol. The Morgan fingerprint density at radius 2 is 2.45 bits per heavy atom. The van der Waals surface area contributed by atoms with Gasteiger partial charge in [0, 0.05) is 18.6 Å². The number of carboxylic acid groups (broad SMARTS) is 1. The van der Waals surface area contributed by atoms with Gasteiger partial charge in [-0.3, -0.25) is 4.98 Å². The maximum Gasteiger partial charge on any atom is 0.0645 e. The average molecular weight is 171 g/mol. The first kappa shape index (κ1) is 8.01. The minimum atomic E-state index is -1.18. The fourth-order valence-corrected chi connectivity index (χ4v) is 0.874. The number of nitrogens with zero attached hydrogens (tertiary/aromatic N) is 1. The maximum atomic E-state index is 10.1. The van der Waals surface area contributed by atoms with Crippen LogP contribution in [0.25, 0.3) is 0 Å². The van der Waals surface area contributed by atoms with Crippen molar-refractivity contribution in [3.05, 3.63) is 29.0 Å². The number of carbonyl (C=O) groups excluding carboxylic acids is 1. The lowest BCUT2D eigenvalue weighted by Crippen LogP contribution is -2.24. The Labute approximate surface area is 68.6 Å². The van der Waals surface area contributed by atoms with Crippen LogP contribution in [0.5, 0.6) is 0 Å². The number of hydrogen-bond donors (Lipinski definition) is 0. The van der Waals surface area contributed by atoms with E-state index in [1.54, 1.807) is 12.1 Å². The van der Waals surface area contributed by atoms with Crippen LogP contribution >= 0.6 is 11.6 Å². The molecule has 0 atom stereocenters. The van der Waals surface area contributed by atoms with Crippen molar-refractivity contribution in [2.45, 2.75) is 6.42 Å². The Morgan fingerprint density at radius 3 is 3.00 bits per heavy atom. The zero-order valence-electron chi connectivity index (χ0n) is 5.58. The van der Waals surface area contributed by atoms with Crippen molar-refractivity contribution in [2.24, 2.45) is 0 Å². The molecule has 11 heavy (non-hydrogen) atoms. The fraction of sp³-hybridized carbons (Fsp3) is 0.143. The second-order valence-electron chi connectivity index (χ2n) is 1.98. The van der Waals surface area contributed by atoms with Gasteiger partial charge < -0.3 is 9.90 Å². The van der Waals surface area contributed by atoms with Crippen LogP contribution in [0.15, 0.2) is 18.3 Å². The van der Waals surface area contributed by atoms with Crippen LogP contribution in [0.2, 0.25) is 5.02 Å². The summed E-state index contributed by atoms with van der Waals surface area (Å²) in [5.74, 6) is -1.18. The topological polar surface area (TPSA) is 53.0 Å². The number of hydrogen-bond acceptors (Lipinski definition) is 3. The number of carboxylic acids is 1. The van der Waals surface area contributed by atoms with Crippen molar-refractivity contribution in [1.82, 2.24) is 4.98 Å². The highest BCUT2D eigenvalue weighted by Gasteiger charge is 1.99. The van der Waals surface area contributed by atoms with Crippen LogP contribution in [0.3, 0.4) is 0 Å². The van der Waals surface area contributed by atoms with Gasteiger partial charge in [0.05, 0.1) is 10.7 Å². The normalized spacial score (nSPS) is 9.55. The Bertz CT molecular complexity index is 275. The van der Waals surface area contributed by atoms with Crippen LogP contribution < -0.4 is 5.11 Å². The summed E-state index contributed by atoms with van der Waals surface area (Å²) in [6, 6.07) is 3.23. The van der Waals surface area contributed by atoms with E-state index in [0.717, 1.165) is 0 Å². The molecular formula is C7H5ClNO2-. The molecule has 0 unspecified atom stereocenters. The number of carbonyl (C=O) groups is 1. The zero-order valence-corrected chi connectivity index (χ0v) is 6.34. The summed E-state index contributed by atoms with van der Waals surface area (Å²) in [5, 5.41) is 10.5. The van der Waals surface area contributed by atoms with Crippen molar-refractivity contribution in [2.75, 3.05) is 0 Å². The van der Waals surface area contributed by atoms with E-state index in [2.05, 4.69) is 4.98 Å². The third kappa shape index (κ3) is 2.20. The molecule has 0 radical (unpaired) electrons. The molecule has 1 rings (SSSR count). The molecule has 0 amide bonds. The van der Waals surface area contributed by atoms with Gasteiger partial charge in [0.15, 0.2) is 0 Å². The van der Waals surface area contributed by atoms with Crippen molar-refractivity contribution < 1.29 is 9.90 Å². The molecule has 0 aliphatic carbocycles. The van der Waals surface area contributed by atoms with E-state index in [1.807, 2.05) is 0 Å². The molecule has 0 spiro atoms. The highest BCUT2D eigenvalue weighted by molar-refractivity contribution is 6.31. The number of aliphatic carboxylic acids is 1. The number of rotatable bonds is 2. The van der Waals surface area contributed by atoms with E-state index in [-0.39, 0.29) is 6.42 Å². The predicted molar refractivity (Wildman–Crippen MR) is 38.0 cm³/mol. The predicted octanol–water partition coefficient (Wildman–Crippen LogP) is 0.0274.